The van der Waals surface area contributed by atoms with Gasteiger partial charge < -0.3 is 19.5 Å². The Labute approximate surface area is 134 Å². The van der Waals surface area contributed by atoms with Gasteiger partial charge in [-0.25, -0.2) is 14.4 Å². The molecule has 0 aromatic carbocycles. The molecule has 0 bridgehead atoms. The lowest BCUT2D eigenvalue weighted by Crippen LogP contribution is -2.30. The average molecular weight is 335 g/mol. The van der Waals surface area contributed by atoms with Crippen LogP contribution in [0.15, 0.2) is 35.4 Å². The van der Waals surface area contributed by atoms with Crippen LogP contribution < -0.4 is 0 Å². The SMILES string of the molecule is OC[C@H]1O[C@@H](n2ccc3c(-c4ccsc4)ncnc32)[C@H](F)[C@@H]1O. The maximum absolute atomic E-state index is 14.3. The zero-order valence-corrected chi connectivity index (χ0v) is 12.7. The summed E-state index contributed by atoms with van der Waals surface area (Å²) in [6.45, 7) is -0.438. The molecule has 0 saturated carbocycles. The maximum atomic E-state index is 14.3. The largest absolute Gasteiger partial charge is 0.394 e. The minimum absolute atomic E-state index is 0.438. The Kier molecular flexibility index (Phi) is 3.61. The van der Waals surface area contributed by atoms with Crippen molar-refractivity contribution < 1.29 is 19.3 Å². The summed E-state index contributed by atoms with van der Waals surface area (Å²) in [4.78, 5) is 8.54. The predicted octanol–water partition coefficient (Wildman–Crippen LogP) is 1.75. The van der Waals surface area contributed by atoms with E-state index in [-0.39, 0.29) is 0 Å². The van der Waals surface area contributed by atoms with Gasteiger partial charge >= 0.3 is 0 Å². The number of ether oxygens (including phenoxy) is 1. The number of hydrogen-bond acceptors (Lipinski definition) is 6. The van der Waals surface area contributed by atoms with Gasteiger partial charge in [-0.15, -0.1) is 0 Å². The molecule has 0 unspecified atom stereocenters. The van der Waals surface area contributed by atoms with E-state index >= 15 is 0 Å². The van der Waals surface area contributed by atoms with Crippen LogP contribution in [0.3, 0.4) is 0 Å². The van der Waals surface area contributed by atoms with E-state index in [0.717, 1.165) is 16.6 Å². The van der Waals surface area contributed by atoms with Crippen LogP contribution in [0.1, 0.15) is 6.23 Å². The van der Waals surface area contributed by atoms with Crippen molar-refractivity contribution in [2.24, 2.45) is 0 Å². The summed E-state index contributed by atoms with van der Waals surface area (Å²) in [7, 11) is 0. The molecular weight excluding hydrogens is 321 g/mol. The van der Waals surface area contributed by atoms with Crippen LogP contribution in [0.5, 0.6) is 0 Å². The molecule has 1 aliphatic heterocycles. The molecular formula is C15H14FN3O3S. The highest BCUT2D eigenvalue weighted by Gasteiger charge is 2.45. The summed E-state index contributed by atoms with van der Waals surface area (Å²) in [6.07, 6.45) is -1.87. The van der Waals surface area contributed by atoms with Gasteiger partial charge in [0.15, 0.2) is 12.4 Å². The molecule has 6 nitrogen and oxygen atoms in total. The van der Waals surface area contributed by atoms with E-state index in [1.54, 1.807) is 23.6 Å². The van der Waals surface area contributed by atoms with E-state index in [9.17, 15) is 9.50 Å². The number of fused-ring (bicyclic) bond motifs is 1. The molecule has 2 N–H and O–H groups in total. The van der Waals surface area contributed by atoms with Crippen molar-refractivity contribution >= 4 is 22.4 Å². The first-order valence-corrected chi connectivity index (χ1v) is 8.07. The van der Waals surface area contributed by atoms with Crippen LogP contribution >= 0.6 is 11.3 Å². The molecule has 0 aliphatic carbocycles. The first-order chi connectivity index (χ1) is 11.2. The number of aliphatic hydroxyl groups excluding tert-OH is 2. The van der Waals surface area contributed by atoms with Gasteiger partial charge in [0.2, 0.25) is 0 Å². The first-order valence-electron chi connectivity index (χ1n) is 7.13. The number of thiophene rings is 1. The normalized spacial score (nSPS) is 27.8. The van der Waals surface area contributed by atoms with Crippen LogP contribution in [-0.2, 0) is 4.74 Å². The zero-order chi connectivity index (χ0) is 16.0. The highest BCUT2D eigenvalue weighted by atomic mass is 32.1. The molecule has 0 amide bonds. The summed E-state index contributed by atoms with van der Waals surface area (Å²) in [5.74, 6) is 0. The Balaban J connectivity index is 1.80. The number of nitrogens with zero attached hydrogens (tertiary/aromatic N) is 3. The second-order valence-electron chi connectivity index (χ2n) is 5.38. The number of halogens is 1. The number of rotatable bonds is 3. The Hall–Kier alpha value is -1.87. The van der Waals surface area contributed by atoms with Gasteiger partial charge in [0.05, 0.1) is 12.3 Å². The fourth-order valence-electron chi connectivity index (χ4n) is 2.88. The molecule has 3 aromatic rings. The first kappa shape index (κ1) is 14.7. The molecule has 3 aromatic heterocycles. The van der Waals surface area contributed by atoms with Crippen LogP contribution in [-0.4, -0.2) is 49.7 Å². The molecule has 0 radical (unpaired) electrons. The Morgan fingerprint density at radius 3 is 2.91 bits per heavy atom. The smallest absolute Gasteiger partial charge is 0.173 e. The average Bonchev–Trinajstić information content (AvgIpc) is 3.28. The molecule has 120 valence electrons. The van der Waals surface area contributed by atoms with Crippen molar-refractivity contribution in [2.45, 2.75) is 24.6 Å². The van der Waals surface area contributed by atoms with Crippen LogP contribution in [0.4, 0.5) is 4.39 Å². The summed E-state index contributed by atoms with van der Waals surface area (Å²) in [5.41, 5.74) is 2.26. The second kappa shape index (κ2) is 5.64. The fourth-order valence-corrected chi connectivity index (χ4v) is 3.52. The van der Waals surface area contributed by atoms with E-state index in [1.807, 2.05) is 16.8 Å². The van der Waals surface area contributed by atoms with Crippen molar-refractivity contribution in [3.63, 3.8) is 0 Å². The lowest BCUT2D eigenvalue weighted by Gasteiger charge is -2.16. The lowest BCUT2D eigenvalue weighted by molar-refractivity contribution is -0.0457. The molecule has 23 heavy (non-hydrogen) atoms. The number of alkyl halides is 1. The van der Waals surface area contributed by atoms with Crippen LogP contribution in [0, 0.1) is 0 Å². The van der Waals surface area contributed by atoms with Crippen molar-refractivity contribution in [3.05, 3.63) is 35.4 Å². The number of aliphatic hydroxyl groups is 2. The molecule has 1 saturated heterocycles. The highest BCUT2D eigenvalue weighted by molar-refractivity contribution is 7.08. The monoisotopic (exact) mass is 335 g/mol. The molecule has 4 rings (SSSR count). The third-order valence-electron chi connectivity index (χ3n) is 4.05. The predicted molar refractivity (Wildman–Crippen MR) is 82.7 cm³/mol. The van der Waals surface area contributed by atoms with Gasteiger partial charge in [-0.2, -0.15) is 11.3 Å². The summed E-state index contributed by atoms with van der Waals surface area (Å²) in [6, 6.07) is 3.76. The molecule has 1 fully saturated rings. The minimum atomic E-state index is -1.64. The van der Waals surface area contributed by atoms with Gasteiger partial charge in [0.25, 0.3) is 0 Å². The van der Waals surface area contributed by atoms with Gasteiger partial charge in [0, 0.05) is 22.5 Å². The molecule has 1 aliphatic rings. The number of aromatic nitrogens is 3. The van der Waals surface area contributed by atoms with Crippen LogP contribution in [0.25, 0.3) is 22.3 Å². The summed E-state index contributed by atoms with van der Waals surface area (Å²) < 4.78 is 21.3. The Morgan fingerprint density at radius 1 is 1.35 bits per heavy atom. The third kappa shape index (κ3) is 2.26. The van der Waals surface area contributed by atoms with Gasteiger partial charge in [-0.1, -0.05) is 0 Å². The molecule has 8 heteroatoms. The summed E-state index contributed by atoms with van der Waals surface area (Å²) >= 11 is 1.57. The van der Waals surface area contributed by atoms with Crippen molar-refractivity contribution in [1.82, 2.24) is 14.5 Å². The zero-order valence-electron chi connectivity index (χ0n) is 11.9. The fraction of sp³-hybridized carbons (Fsp3) is 0.333. The number of hydrogen-bond donors (Lipinski definition) is 2. The third-order valence-corrected chi connectivity index (χ3v) is 4.74. The van der Waals surface area contributed by atoms with Gasteiger partial charge in [-0.05, 0) is 17.5 Å². The summed E-state index contributed by atoms with van der Waals surface area (Å²) in [5, 5.41) is 23.7. The van der Waals surface area contributed by atoms with E-state index < -0.39 is 31.2 Å². The Bertz CT molecular complexity index is 823. The quantitative estimate of drug-likeness (QED) is 0.762. The van der Waals surface area contributed by atoms with E-state index in [1.165, 1.54) is 10.9 Å². The van der Waals surface area contributed by atoms with Crippen LogP contribution in [0.2, 0.25) is 0 Å². The minimum Gasteiger partial charge on any atom is -0.394 e. The lowest BCUT2D eigenvalue weighted by atomic mass is 10.1. The second-order valence-corrected chi connectivity index (χ2v) is 6.16. The van der Waals surface area contributed by atoms with E-state index in [4.69, 9.17) is 9.84 Å². The Morgan fingerprint density at radius 2 is 2.22 bits per heavy atom. The van der Waals surface area contributed by atoms with Crippen molar-refractivity contribution in [3.8, 4) is 11.3 Å². The molecule has 0 spiro atoms. The molecule has 4 atom stereocenters. The van der Waals surface area contributed by atoms with Crippen molar-refractivity contribution in [1.29, 1.82) is 0 Å². The topological polar surface area (TPSA) is 80.4 Å². The molecule has 4 heterocycles. The van der Waals surface area contributed by atoms with Gasteiger partial charge in [-0.3, -0.25) is 0 Å². The van der Waals surface area contributed by atoms with E-state index in [0.29, 0.717) is 5.65 Å². The standard InChI is InChI=1S/C15H14FN3O3S/c16-11-13(21)10(5-20)22-15(11)19-3-1-9-12(8-2-4-23-6-8)17-7-18-14(9)19/h1-4,6-7,10-11,13,15,20-21H,5H2/t10-,11-,13-,15-/m1/s1. The maximum Gasteiger partial charge on any atom is 0.173 e. The van der Waals surface area contributed by atoms with Crippen molar-refractivity contribution in [2.75, 3.05) is 6.61 Å². The van der Waals surface area contributed by atoms with Gasteiger partial charge in [0.1, 0.15) is 24.2 Å². The van der Waals surface area contributed by atoms with E-state index in [2.05, 4.69) is 9.97 Å². The highest BCUT2D eigenvalue weighted by Crippen LogP contribution is 2.35.